The molecule has 2 aromatic carbocycles. The van der Waals surface area contributed by atoms with E-state index in [4.69, 9.17) is 9.84 Å². The van der Waals surface area contributed by atoms with Crippen LogP contribution in [0, 0.1) is 5.92 Å². The molecule has 1 unspecified atom stereocenters. The van der Waals surface area contributed by atoms with Crippen LogP contribution >= 0.6 is 0 Å². The second-order valence-electron chi connectivity index (χ2n) is 15.0. The maximum atomic E-state index is 15.9. The fraction of sp³-hybridized carbons (Fsp3) is 0.400. The molecule has 3 aromatic heterocycles. The molecule has 17 heteroatoms. The fourth-order valence-electron chi connectivity index (χ4n) is 8.37. The molecule has 12 nitrogen and oxygen atoms in total. The van der Waals surface area contributed by atoms with Gasteiger partial charge in [0.05, 0.1) is 48.7 Å². The van der Waals surface area contributed by atoms with E-state index >= 15 is 8.78 Å². The number of urea groups is 1. The number of carbonyl (C=O) groups is 3. The summed E-state index contributed by atoms with van der Waals surface area (Å²) in [6.45, 7) is 0.975. The number of carbonyl (C=O) groups excluding carboxylic acids is 3. The zero-order valence-electron chi connectivity index (χ0n) is 30.9. The number of nitrogens with one attached hydrogen (secondary N) is 2. The molecule has 3 fully saturated rings. The van der Waals surface area contributed by atoms with Gasteiger partial charge in [0, 0.05) is 54.1 Å². The van der Waals surface area contributed by atoms with Crippen LogP contribution in [-0.4, -0.2) is 81.7 Å². The lowest BCUT2D eigenvalue weighted by atomic mass is 9.83. The van der Waals surface area contributed by atoms with Crippen LogP contribution in [0.1, 0.15) is 72.2 Å². The number of piperidine rings is 1. The summed E-state index contributed by atoms with van der Waals surface area (Å²) in [5.74, 6) is -4.56. The van der Waals surface area contributed by atoms with Gasteiger partial charge >= 0.3 is 12.2 Å². The molecule has 57 heavy (non-hydrogen) atoms. The molecule has 0 bridgehead atoms. The topological polar surface area (TPSA) is 135 Å². The van der Waals surface area contributed by atoms with Crippen molar-refractivity contribution in [2.24, 2.45) is 5.92 Å². The number of methoxy groups -OCH3 is 1. The number of imide groups is 1. The van der Waals surface area contributed by atoms with Crippen LogP contribution < -0.4 is 20.3 Å². The average Bonchev–Trinajstić information content (AvgIpc) is 3.60. The Bertz CT molecular complexity index is 2360. The van der Waals surface area contributed by atoms with E-state index in [1.807, 2.05) is 15.8 Å². The first-order valence-corrected chi connectivity index (χ1v) is 18.8. The Morgan fingerprint density at radius 2 is 1.81 bits per heavy atom. The molecular weight excluding hydrogens is 751 g/mol. The highest BCUT2D eigenvalue weighted by Crippen LogP contribution is 2.43. The summed E-state index contributed by atoms with van der Waals surface area (Å²) in [6.07, 6.45) is 4.04. The highest BCUT2D eigenvalue weighted by Gasteiger charge is 2.46. The van der Waals surface area contributed by atoms with Gasteiger partial charge in [-0.1, -0.05) is 18.2 Å². The molecule has 1 aliphatic carbocycles. The summed E-state index contributed by atoms with van der Waals surface area (Å²) in [5, 5.41) is 11.7. The number of alkyl halides is 5. The van der Waals surface area contributed by atoms with Crippen LogP contribution in [0.25, 0.3) is 21.7 Å². The van der Waals surface area contributed by atoms with Gasteiger partial charge in [0.2, 0.25) is 5.91 Å². The third kappa shape index (κ3) is 7.84. The molecule has 2 saturated heterocycles. The molecule has 8 rings (SSSR count). The number of hydrogen-bond acceptors (Lipinski definition) is 8. The second kappa shape index (κ2) is 15.0. The summed E-state index contributed by atoms with van der Waals surface area (Å²) in [7, 11) is 1.41. The van der Waals surface area contributed by atoms with Crippen molar-refractivity contribution in [3.63, 3.8) is 0 Å². The first-order chi connectivity index (χ1) is 27.3. The highest BCUT2D eigenvalue weighted by atomic mass is 19.4. The first-order valence-electron chi connectivity index (χ1n) is 18.8. The predicted octanol–water partition coefficient (Wildman–Crippen LogP) is 7.56. The molecule has 2 N–H and O–H groups in total. The molecule has 0 spiro atoms. The first kappa shape index (κ1) is 38.2. The zero-order valence-corrected chi connectivity index (χ0v) is 30.9. The lowest BCUT2D eigenvalue weighted by Gasteiger charge is -2.41. The van der Waals surface area contributed by atoms with E-state index in [0.29, 0.717) is 52.4 Å². The summed E-state index contributed by atoms with van der Waals surface area (Å²) in [4.78, 5) is 48.0. The Hall–Kier alpha value is -5.71. The standard InChI is InChI=1S/C40H39F5N8O4/c1-57-34-17-31-26(16-32(34)48-37(55)30-3-2-4-35(47-30)40(43,44)45)21-53(50-31)27-8-5-23(6-9-27)20-51-13-11-29(39(41,42)22-51)24-7-10-28-25(15-24)18-46-19-33(28)52-14-12-36(54)49-38(52)56/h2-4,7,10,15-19,21,23,27,29H,5-6,8-9,11-14,20,22H2,1H3,(H,48,55)(H,49,54,56). The number of aromatic nitrogens is 4. The van der Waals surface area contributed by atoms with Crippen molar-refractivity contribution >= 4 is 50.9 Å². The SMILES string of the molecule is COc1cc2nn(C3CCC(CN4CCC(c5ccc6c(N7CCC(=O)NC7=O)cncc6c5)C(F)(F)C4)CC3)cc2cc1NC(=O)c1cccc(C(F)(F)F)n1. The van der Waals surface area contributed by atoms with Crippen LogP contribution in [-0.2, 0) is 11.0 Å². The minimum absolute atomic E-state index is 0.0777. The van der Waals surface area contributed by atoms with Crippen molar-refractivity contribution in [2.75, 3.05) is 43.5 Å². The van der Waals surface area contributed by atoms with Gasteiger partial charge in [-0.2, -0.15) is 18.3 Å². The number of pyridine rings is 2. The largest absolute Gasteiger partial charge is 0.494 e. The summed E-state index contributed by atoms with van der Waals surface area (Å²) < 4.78 is 78.5. The third-order valence-corrected chi connectivity index (χ3v) is 11.3. The van der Waals surface area contributed by atoms with Gasteiger partial charge < -0.3 is 10.1 Å². The molecule has 1 saturated carbocycles. The summed E-state index contributed by atoms with van der Waals surface area (Å²) in [5.41, 5.74) is 0.357. The minimum atomic E-state index is -4.69. The van der Waals surface area contributed by atoms with Crippen molar-refractivity contribution in [2.45, 2.75) is 62.6 Å². The number of ether oxygens (including phenoxy) is 1. The van der Waals surface area contributed by atoms with Gasteiger partial charge in [-0.3, -0.25) is 34.4 Å². The number of hydrogen-bond donors (Lipinski definition) is 2. The minimum Gasteiger partial charge on any atom is -0.494 e. The van der Waals surface area contributed by atoms with Gasteiger partial charge in [-0.25, -0.2) is 18.6 Å². The number of rotatable bonds is 8. The van der Waals surface area contributed by atoms with E-state index in [0.717, 1.165) is 37.8 Å². The monoisotopic (exact) mass is 790 g/mol. The number of fused-ring (bicyclic) bond motifs is 2. The van der Waals surface area contributed by atoms with Crippen molar-refractivity contribution in [3.05, 3.63) is 84.1 Å². The smallest absolute Gasteiger partial charge is 0.433 e. The van der Waals surface area contributed by atoms with Crippen molar-refractivity contribution in [1.82, 2.24) is 30.0 Å². The zero-order chi connectivity index (χ0) is 40.1. The number of amides is 4. The Kier molecular flexibility index (Phi) is 10.0. The van der Waals surface area contributed by atoms with Crippen LogP contribution in [0.2, 0.25) is 0 Å². The Morgan fingerprint density at radius 1 is 1.00 bits per heavy atom. The lowest BCUT2D eigenvalue weighted by molar-refractivity contribution is -0.141. The molecule has 3 aliphatic rings. The van der Waals surface area contributed by atoms with E-state index in [-0.39, 0.29) is 48.8 Å². The second-order valence-corrected chi connectivity index (χ2v) is 15.0. The predicted molar refractivity (Wildman–Crippen MR) is 200 cm³/mol. The number of benzene rings is 2. The molecule has 1 atom stereocenters. The molecule has 2 aliphatic heterocycles. The number of halogens is 5. The normalized spacial score (nSPS) is 21.8. The molecule has 0 radical (unpaired) electrons. The van der Waals surface area contributed by atoms with Crippen molar-refractivity contribution in [1.29, 1.82) is 0 Å². The van der Waals surface area contributed by atoms with Crippen LogP contribution in [0.3, 0.4) is 0 Å². The maximum Gasteiger partial charge on any atom is 0.433 e. The van der Waals surface area contributed by atoms with Gasteiger partial charge in [-0.05, 0) is 74.4 Å². The van der Waals surface area contributed by atoms with E-state index in [2.05, 4.69) is 20.6 Å². The van der Waals surface area contributed by atoms with Crippen LogP contribution in [0.4, 0.5) is 38.1 Å². The number of anilines is 2. The fourth-order valence-corrected chi connectivity index (χ4v) is 8.37. The van der Waals surface area contributed by atoms with Gasteiger partial charge in [0.15, 0.2) is 0 Å². The molecule has 298 valence electrons. The molecular formula is C40H39F5N8O4. The number of nitrogens with zero attached hydrogens (tertiary/aromatic N) is 6. The van der Waals surface area contributed by atoms with E-state index in [9.17, 15) is 27.6 Å². The maximum absolute atomic E-state index is 15.9. The van der Waals surface area contributed by atoms with Crippen LogP contribution in [0.5, 0.6) is 5.75 Å². The van der Waals surface area contributed by atoms with E-state index in [1.165, 1.54) is 18.1 Å². The summed E-state index contributed by atoms with van der Waals surface area (Å²) >= 11 is 0. The third-order valence-electron chi connectivity index (χ3n) is 11.3. The van der Waals surface area contributed by atoms with E-state index < -0.39 is 41.3 Å². The van der Waals surface area contributed by atoms with Crippen molar-refractivity contribution in [3.8, 4) is 5.75 Å². The molecule has 5 aromatic rings. The average molecular weight is 791 g/mol. The lowest BCUT2D eigenvalue weighted by Crippen LogP contribution is -2.49. The van der Waals surface area contributed by atoms with Gasteiger partial charge in [-0.15, -0.1) is 0 Å². The molecule has 5 heterocycles. The molecule has 4 amide bonds. The highest BCUT2D eigenvalue weighted by molar-refractivity contribution is 6.09. The quantitative estimate of drug-likeness (QED) is 0.154. The Labute approximate surface area is 323 Å². The Balaban J connectivity index is 0.879. The summed E-state index contributed by atoms with van der Waals surface area (Å²) in [6, 6.07) is 11.2. The number of likely N-dealkylation sites (tertiary alicyclic amines) is 1. The Morgan fingerprint density at radius 3 is 2.54 bits per heavy atom. The van der Waals surface area contributed by atoms with Gasteiger partial charge in [0.1, 0.15) is 17.1 Å². The van der Waals surface area contributed by atoms with Crippen molar-refractivity contribution < 1.29 is 41.1 Å². The van der Waals surface area contributed by atoms with Gasteiger partial charge in [0.25, 0.3) is 11.8 Å². The van der Waals surface area contributed by atoms with Crippen LogP contribution in [0.15, 0.2) is 67.1 Å². The van der Waals surface area contributed by atoms with E-state index in [1.54, 1.807) is 42.7 Å².